The Morgan fingerprint density at radius 1 is 1.44 bits per heavy atom. The topological polar surface area (TPSA) is 68.4 Å². The molecule has 0 aliphatic heterocycles. The fourth-order valence-electron chi connectivity index (χ4n) is 2.30. The van der Waals surface area contributed by atoms with Crippen LogP contribution in [-0.4, -0.2) is 28.5 Å². The van der Waals surface area contributed by atoms with E-state index >= 15 is 0 Å². The van der Waals surface area contributed by atoms with Crippen LogP contribution in [-0.2, 0) is 16.8 Å². The fraction of sp³-hybridized carbons (Fsp3) is 0.846. The Kier molecular flexibility index (Phi) is 4.02. The number of ether oxygens (including phenoxy) is 1. The van der Waals surface area contributed by atoms with Crippen molar-refractivity contribution in [1.82, 2.24) is 10.1 Å². The average Bonchev–Trinajstić information content (AvgIpc) is 3.14. The molecule has 0 saturated heterocycles. The van der Waals surface area contributed by atoms with Gasteiger partial charge in [-0.05, 0) is 31.6 Å². The second-order valence-electron chi connectivity index (χ2n) is 5.03. The lowest BCUT2D eigenvalue weighted by Crippen LogP contribution is -2.28. The van der Waals surface area contributed by atoms with Crippen LogP contribution in [0.4, 0.5) is 0 Å². The van der Waals surface area contributed by atoms with Crippen molar-refractivity contribution in [3.63, 3.8) is 0 Å². The minimum absolute atomic E-state index is 0.349. The highest BCUT2D eigenvalue weighted by Gasteiger charge is 2.35. The Morgan fingerprint density at radius 3 is 2.61 bits per heavy atom. The van der Waals surface area contributed by atoms with Crippen molar-refractivity contribution in [3.8, 4) is 0 Å². The predicted octanol–water partition coefficient (Wildman–Crippen LogP) is 2.04. The van der Waals surface area contributed by atoms with Gasteiger partial charge in [0, 0.05) is 7.11 Å². The van der Waals surface area contributed by atoms with E-state index in [2.05, 4.69) is 10.1 Å². The van der Waals surface area contributed by atoms with Crippen molar-refractivity contribution < 1.29 is 14.4 Å². The van der Waals surface area contributed by atoms with Crippen LogP contribution in [0.15, 0.2) is 4.52 Å². The maximum atomic E-state index is 9.87. The largest absolute Gasteiger partial charge is 0.392 e. The van der Waals surface area contributed by atoms with E-state index in [4.69, 9.17) is 9.26 Å². The zero-order valence-electron chi connectivity index (χ0n) is 11.3. The molecule has 1 heterocycles. The van der Waals surface area contributed by atoms with Crippen molar-refractivity contribution in [2.24, 2.45) is 5.92 Å². The van der Waals surface area contributed by atoms with Gasteiger partial charge in [0.05, 0.1) is 12.5 Å². The Hall–Kier alpha value is -0.940. The number of methoxy groups -OCH3 is 1. The molecule has 1 aromatic heterocycles. The van der Waals surface area contributed by atoms with Crippen LogP contribution in [0.5, 0.6) is 0 Å². The van der Waals surface area contributed by atoms with Crippen LogP contribution in [0.2, 0.25) is 0 Å². The molecule has 1 aliphatic carbocycles. The van der Waals surface area contributed by atoms with Crippen molar-refractivity contribution in [3.05, 3.63) is 11.7 Å². The van der Waals surface area contributed by atoms with E-state index in [1.165, 1.54) is 0 Å². The van der Waals surface area contributed by atoms with E-state index < -0.39 is 5.60 Å². The Balaban J connectivity index is 2.08. The van der Waals surface area contributed by atoms with Gasteiger partial charge >= 0.3 is 0 Å². The van der Waals surface area contributed by atoms with Crippen LogP contribution in [0.1, 0.15) is 51.2 Å². The molecule has 1 N–H and O–H groups in total. The summed E-state index contributed by atoms with van der Waals surface area (Å²) in [5.41, 5.74) is -0.466. The highest BCUT2D eigenvalue weighted by molar-refractivity contribution is 5.02. The Bertz CT molecular complexity index is 375. The number of hydrogen-bond donors (Lipinski definition) is 1. The van der Waals surface area contributed by atoms with Gasteiger partial charge in [0.2, 0.25) is 11.7 Å². The quantitative estimate of drug-likeness (QED) is 0.806. The van der Waals surface area contributed by atoms with Gasteiger partial charge < -0.3 is 14.4 Å². The molecular weight excluding hydrogens is 232 g/mol. The molecule has 0 radical (unpaired) electrons. The second-order valence-corrected chi connectivity index (χ2v) is 5.03. The van der Waals surface area contributed by atoms with Crippen molar-refractivity contribution >= 4 is 0 Å². The summed E-state index contributed by atoms with van der Waals surface area (Å²) >= 11 is 0. The van der Waals surface area contributed by atoms with E-state index in [0.29, 0.717) is 24.1 Å². The average molecular weight is 254 g/mol. The Labute approximate surface area is 108 Å². The maximum absolute atomic E-state index is 9.87. The summed E-state index contributed by atoms with van der Waals surface area (Å²) in [5.74, 6) is 1.52. The van der Waals surface area contributed by atoms with Crippen molar-refractivity contribution in [2.45, 2.75) is 57.7 Å². The highest BCUT2D eigenvalue weighted by atomic mass is 16.5. The summed E-state index contributed by atoms with van der Waals surface area (Å²) in [6.07, 6.45) is 3.90. The zero-order chi connectivity index (χ0) is 13.2. The standard InChI is InChI=1S/C13H22N2O3/c1-4-13(5-2,17-3)12-14-11(18-15-12)8-10(16)9-6-7-9/h9-10,16H,4-8H2,1-3H3. The van der Waals surface area contributed by atoms with Crippen molar-refractivity contribution in [2.75, 3.05) is 7.11 Å². The molecule has 1 fully saturated rings. The minimum atomic E-state index is -0.466. The number of aromatic nitrogens is 2. The third kappa shape index (κ3) is 2.57. The summed E-state index contributed by atoms with van der Waals surface area (Å²) < 4.78 is 10.8. The van der Waals surface area contributed by atoms with Crippen molar-refractivity contribution in [1.29, 1.82) is 0 Å². The molecule has 1 unspecified atom stereocenters. The number of aliphatic hydroxyl groups is 1. The van der Waals surface area contributed by atoms with Crippen LogP contribution in [0, 0.1) is 5.92 Å². The maximum Gasteiger partial charge on any atom is 0.229 e. The molecule has 102 valence electrons. The highest BCUT2D eigenvalue weighted by Crippen LogP contribution is 2.34. The van der Waals surface area contributed by atoms with E-state index in [9.17, 15) is 5.11 Å². The molecule has 0 bridgehead atoms. The number of nitrogens with zero attached hydrogens (tertiary/aromatic N) is 2. The SMILES string of the molecule is CCC(CC)(OC)c1noc(CC(O)C2CC2)n1. The summed E-state index contributed by atoms with van der Waals surface area (Å²) in [6.45, 7) is 4.09. The van der Waals surface area contributed by atoms with Gasteiger partial charge in [-0.1, -0.05) is 19.0 Å². The van der Waals surface area contributed by atoms with E-state index in [-0.39, 0.29) is 6.10 Å². The first kappa shape index (κ1) is 13.5. The third-order valence-corrected chi connectivity index (χ3v) is 3.96. The molecule has 1 aliphatic rings. The van der Waals surface area contributed by atoms with E-state index in [1.54, 1.807) is 7.11 Å². The summed E-state index contributed by atoms with van der Waals surface area (Å²) in [5, 5.41) is 13.9. The molecule has 1 aromatic rings. The molecule has 0 amide bonds. The predicted molar refractivity (Wildman–Crippen MR) is 66.0 cm³/mol. The normalized spacial score (nSPS) is 18.0. The zero-order valence-corrected chi connectivity index (χ0v) is 11.3. The van der Waals surface area contributed by atoms with Gasteiger partial charge in [-0.15, -0.1) is 0 Å². The van der Waals surface area contributed by atoms with Gasteiger partial charge in [-0.25, -0.2) is 0 Å². The molecule has 1 saturated carbocycles. The number of hydrogen-bond acceptors (Lipinski definition) is 5. The smallest absolute Gasteiger partial charge is 0.229 e. The molecular formula is C13H22N2O3. The van der Waals surface area contributed by atoms with Gasteiger partial charge in [0.25, 0.3) is 0 Å². The van der Waals surface area contributed by atoms with E-state index in [1.807, 2.05) is 13.8 Å². The van der Waals surface area contributed by atoms with Crippen LogP contribution < -0.4 is 0 Å². The lowest BCUT2D eigenvalue weighted by molar-refractivity contribution is -0.0306. The molecule has 5 nitrogen and oxygen atoms in total. The molecule has 2 rings (SSSR count). The monoisotopic (exact) mass is 254 g/mol. The third-order valence-electron chi connectivity index (χ3n) is 3.96. The fourth-order valence-corrected chi connectivity index (χ4v) is 2.30. The molecule has 18 heavy (non-hydrogen) atoms. The summed E-state index contributed by atoms with van der Waals surface area (Å²) in [7, 11) is 1.67. The van der Waals surface area contributed by atoms with Gasteiger partial charge in [-0.3, -0.25) is 0 Å². The van der Waals surface area contributed by atoms with Crippen LogP contribution >= 0.6 is 0 Å². The molecule has 0 spiro atoms. The molecule has 1 atom stereocenters. The van der Waals surface area contributed by atoms with Gasteiger partial charge in [0.1, 0.15) is 5.60 Å². The number of rotatable bonds is 7. The number of aliphatic hydroxyl groups excluding tert-OH is 1. The Morgan fingerprint density at radius 2 is 2.11 bits per heavy atom. The first-order valence-electron chi connectivity index (χ1n) is 6.71. The second kappa shape index (κ2) is 5.36. The lowest BCUT2D eigenvalue weighted by Gasteiger charge is -2.25. The summed E-state index contributed by atoms with van der Waals surface area (Å²) in [4.78, 5) is 4.38. The van der Waals surface area contributed by atoms with Gasteiger partial charge in [0.15, 0.2) is 0 Å². The molecule has 0 aromatic carbocycles. The van der Waals surface area contributed by atoms with Gasteiger partial charge in [-0.2, -0.15) is 4.98 Å². The van der Waals surface area contributed by atoms with Crippen LogP contribution in [0.3, 0.4) is 0 Å². The van der Waals surface area contributed by atoms with E-state index in [0.717, 1.165) is 25.7 Å². The summed E-state index contributed by atoms with van der Waals surface area (Å²) in [6, 6.07) is 0. The lowest BCUT2D eigenvalue weighted by atomic mass is 9.96. The minimum Gasteiger partial charge on any atom is -0.392 e. The molecule has 5 heteroatoms. The van der Waals surface area contributed by atoms with Crippen LogP contribution in [0.25, 0.3) is 0 Å². The first-order chi connectivity index (χ1) is 8.65. The first-order valence-corrected chi connectivity index (χ1v) is 6.71.